The fourth-order valence-corrected chi connectivity index (χ4v) is 3.69. The van der Waals surface area contributed by atoms with Crippen molar-refractivity contribution >= 4 is 11.7 Å². The molecule has 3 heterocycles. The van der Waals surface area contributed by atoms with Gasteiger partial charge in [0, 0.05) is 37.3 Å². The first-order chi connectivity index (χ1) is 14.2. The van der Waals surface area contributed by atoms with Crippen molar-refractivity contribution in [2.45, 2.75) is 0 Å². The van der Waals surface area contributed by atoms with Crippen LogP contribution in [-0.2, 0) is 0 Å². The quantitative estimate of drug-likeness (QED) is 0.729. The lowest BCUT2D eigenvalue weighted by atomic mass is 10.1. The second-order valence-electron chi connectivity index (χ2n) is 7.13. The maximum atomic E-state index is 12.8. The zero-order chi connectivity index (χ0) is 19.8. The molecule has 0 aromatic heterocycles. The molecule has 150 valence electrons. The van der Waals surface area contributed by atoms with E-state index in [1.54, 1.807) is 41.3 Å². The predicted octanol–water partition coefficient (Wildman–Crippen LogP) is 1.78. The van der Waals surface area contributed by atoms with E-state index >= 15 is 0 Å². The van der Waals surface area contributed by atoms with Crippen LogP contribution in [0, 0.1) is 0 Å². The van der Waals surface area contributed by atoms with Crippen LogP contribution >= 0.6 is 0 Å². The minimum atomic E-state index is -0.0370. The van der Waals surface area contributed by atoms with Gasteiger partial charge >= 0.3 is 0 Å². The van der Waals surface area contributed by atoms with Crippen LogP contribution in [0.2, 0.25) is 0 Å². The molecule has 2 aromatic carbocycles. The van der Waals surface area contributed by atoms with Crippen LogP contribution in [0.1, 0.15) is 20.7 Å². The van der Waals surface area contributed by atoms with Crippen LogP contribution < -0.4 is 18.9 Å². The summed E-state index contributed by atoms with van der Waals surface area (Å²) in [5, 5.41) is 0. The van der Waals surface area contributed by atoms with Crippen molar-refractivity contribution in [2.75, 3.05) is 46.3 Å². The molecular weight excluding hydrogens is 376 g/mol. The number of carbonyl (C=O) groups is 2. The molecule has 1 fully saturated rings. The van der Waals surface area contributed by atoms with Gasteiger partial charge in [-0.25, -0.2) is 0 Å². The molecule has 5 rings (SSSR count). The third kappa shape index (κ3) is 3.47. The number of ketones is 1. The van der Waals surface area contributed by atoms with E-state index in [2.05, 4.69) is 4.90 Å². The Hall–Kier alpha value is -3.26. The first kappa shape index (κ1) is 17.8. The average molecular weight is 396 g/mol. The van der Waals surface area contributed by atoms with Crippen LogP contribution in [0.15, 0.2) is 36.4 Å². The maximum absolute atomic E-state index is 12.8. The van der Waals surface area contributed by atoms with Gasteiger partial charge in [0.15, 0.2) is 28.8 Å². The van der Waals surface area contributed by atoms with Crippen LogP contribution in [0.25, 0.3) is 0 Å². The van der Waals surface area contributed by atoms with E-state index in [-0.39, 0.29) is 25.3 Å². The van der Waals surface area contributed by atoms with Crippen molar-refractivity contribution < 1.29 is 28.5 Å². The average Bonchev–Trinajstić information content (AvgIpc) is 3.41. The number of ether oxygens (including phenoxy) is 4. The van der Waals surface area contributed by atoms with Crippen molar-refractivity contribution in [3.8, 4) is 23.0 Å². The van der Waals surface area contributed by atoms with Gasteiger partial charge in [-0.3, -0.25) is 14.5 Å². The molecule has 1 saturated heterocycles. The molecule has 3 aliphatic rings. The van der Waals surface area contributed by atoms with Crippen molar-refractivity contribution in [1.29, 1.82) is 0 Å². The number of rotatable bonds is 4. The van der Waals surface area contributed by atoms with Crippen molar-refractivity contribution in [3.63, 3.8) is 0 Å². The largest absolute Gasteiger partial charge is 0.454 e. The maximum Gasteiger partial charge on any atom is 0.254 e. The Morgan fingerprint density at radius 3 is 1.93 bits per heavy atom. The van der Waals surface area contributed by atoms with Gasteiger partial charge in [0.25, 0.3) is 5.91 Å². The third-order valence-electron chi connectivity index (χ3n) is 5.34. The molecule has 0 aliphatic carbocycles. The minimum Gasteiger partial charge on any atom is -0.454 e. The second kappa shape index (κ2) is 7.29. The zero-order valence-corrected chi connectivity index (χ0v) is 15.8. The molecule has 1 amide bonds. The summed E-state index contributed by atoms with van der Waals surface area (Å²) in [4.78, 5) is 29.3. The number of carbonyl (C=O) groups excluding carboxylic acids is 2. The lowest BCUT2D eigenvalue weighted by Gasteiger charge is -2.34. The van der Waals surface area contributed by atoms with Gasteiger partial charge in [0.1, 0.15) is 0 Å². The highest BCUT2D eigenvalue weighted by atomic mass is 16.7. The van der Waals surface area contributed by atoms with Gasteiger partial charge in [-0.2, -0.15) is 0 Å². The second-order valence-corrected chi connectivity index (χ2v) is 7.13. The Morgan fingerprint density at radius 2 is 1.28 bits per heavy atom. The molecule has 0 unspecified atom stereocenters. The monoisotopic (exact) mass is 396 g/mol. The molecule has 2 aromatic rings. The number of hydrogen-bond acceptors (Lipinski definition) is 7. The summed E-state index contributed by atoms with van der Waals surface area (Å²) >= 11 is 0. The number of Topliss-reactive ketones (excluding diaryl/α,β-unsaturated/α-hetero) is 1. The summed E-state index contributed by atoms with van der Waals surface area (Å²) < 4.78 is 21.3. The van der Waals surface area contributed by atoms with Crippen molar-refractivity contribution in [3.05, 3.63) is 47.5 Å². The Morgan fingerprint density at radius 1 is 0.724 bits per heavy atom. The van der Waals surface area contributed by atoms with Crippen LogP contribution in [0.5, 0.6) is 23.0 Å². The van der Waals surface area contributed by atoms with Gasteiger partial charge in [-0.1, -0.05) is 0 Å². The molecule has 8 heteroatoms. The number of hydrogen-bond donors (Lipinski definition) is 0. The fourth-order valence-electron chi connectivity index (χ4n) is 3.69. The third-order valence-corrected chi connectivity index (χ3v) is 5.34. The van der Waals surface area contributed by atoms with Crippen molar-refractivity contribution in [2.24, 2.45) is 0 Å². The first-order valence-electron chi connectivity index (χ1n) is 9.51. The summed E-state index contributed by atoms with van der Waals surface area (Å²) in [6.45, 7) is 3.11. The van der Waals surface area contributed by atoms with Gasteiger partial charge in [-0.05, 0) is 36.4 Å². The number of fused-ring (bicyclic) bond motifs is 2. The van der Waals surface area contributed by atoms with E-state index in [0.717, 1.165) is 0 Å². The molecule has 0 spiro atoms. The summed E-state index contributed by atoms with van der Waals surface area (Å²) in [5.74, 6) is 2.52. The van der Waals surface area contributed by atoms with E-state index in [4.69, 9.17) is 18.9 Å². The number of piperazine rings is 1. The lowest BCUT2D eigenvalue weighted by molar-refractivity contribution is 0.0624. The molecule has 3 aliphatic heterocycles. The summed E-state index contributed by atoms with van der Waals surface area (Å²) in [6.07, 6.45) is 0. The summed E-state index contributed by atoms with van der Waals surface area (Å²) in [6, 6.07) is 10.5. The topological polar surface area (TPSA) is 77.5 Å². The fraction of sp³-hybridized carbons (Fsp3) is 0.333. The van der Waals surface area contributed by atoms with Gasteiger partial charge in [0.05, 0.1) is 6.54 Å². The molecule has 8 nitrogen and oxygen atoms in total. The van der Waals surface area contributed by atoms with E-state index in [1.807, 2.05) is 0 Å². The van der Waals surface area contributed by atoms with Gasteiger partial charge < -0.3 is 23.8 Å². The Balaban J connectivity index is 1.17. The van der Waals surface area contributed by atoms with E-state index in [9.17, 15) is 9.59 Å². The number of benzene rings is 2. The predicted molar refractivity (Wildman–Crippen MR) is 102 cm³/mol. The highest BCUT2D eigenvalue weighted by molar-refractivity contribution is 5.98. The van der Waals surface area contributed by atoms with Gasteiger partial charge in [-0.15, -0.1) is 0 Å². The first-order valence-corrected chi connectivity index (χ1v) is 9.51. The Bertz CT molecular complexity index is 968. The highest BCUT2D eigenvalue weighted by Gasteiger charge is 2.25. The molecule has 0 bridgehead atoms. The normalized spacial score (nSPS) is 17.4. The molecule has 0 N–H and O–H groups in total. The van der Waals surface area contributed by atoms with Crippen LogP contribution in [-0.4, -0.2) is 67.8 Å². The Labute approximate surface area is 167 Å². The number of amides is 1. The molecular formula is C21H20N2O6. The SMILES string of the molecule is O=C(CN1CCN(C(=O)c2ccc3c(c2)OCO3)CC1)c1ccc2c(c1)OCO2. The van der Waals surface area contributed by atoms with Gasteiger partial charge in [0.2, 0.25) is 13.6 Å². The van der Waals surface area contributed by atoms with E-state index < -0.39 is 0 Å². The lowest BCUT2D eigenvalue weighted by Crippen LogP contribution is -2.49. The number of nitrogens with zero attached hydrogens (tertiary/aromatic N) is 2. The molecule has 0 radical (unpaired) electrons. The van der Waals surface area contributed by atoms with Crippen LogP contribution in [0.3, 0.4) is 0 Å². The van der Waals surface area contributed by atoms with E-state index in [1.165, 1.54) is 0 Å². The standard InChI is InChI=1S/C21H20N2O6/c24-16(14-1-3-17-19(9-14)28-12-26-17)11-22-5-7-23(8-6-22)21(25)15-2-4-18-20(10-15)29-13-27-18/h1-4,9-10H,5-8,11-13H2. The van der Waals surface area contributed by atoms with Crippen LogP contribution in [0.4, 0.5) is 0 Å². The Kier molecular flexibility index (Phi) is 4.48. The minimum absolute atomic E-state index is 0.0267. The molecule has 29 heavy (non-hydrogen) atoms. The molecule has 0 atom stereocenters. The van der Waals surface area contributed by atoms with E-state index in [0.29, 0.717) is 66.8 Å². The summed E-state index contributed by atoms with van der Waals surface area (Å²) in [7, 11) is 0. The zero-order valence-electron chi connectivity index (χ0n) is 15.8. The highest BCUT2D eigenvalue weighted by Crippen LogP contribution is 2.33. The van der Waals surface area contributed by atoms with Crippen molar-refractivity contribution in [1.82, 2.24) is 9.80 Å². The summed E-state index contributed by atoms with van der Waals surface area (Å²) in [5.41, 5.74) is 1.19. The molecule has 0 saturated carbocycles. The smallest absolute Gasteiger partial charge is 0.254 e.